The van der Waals surface area contributed by atoms with E-state index in [1.807, 2.05) is 11.4 Å². The Morgan fingerprint density at radius 3 is 2.59 bits per heavy atom. The highest BCUT2D eigenvalue weighted by Crippen LogP contribution is 2.18. The van der Waals surface area contributed by atoms with Gasteiger partial charge in [-0.2, -0.15) is 0 Å². The van der Waals surface area contributed by atoms with E-state index >= 15 is 0 Å². The van der Waals surface area contributed by atoms with Gasteiger partial charge in [-0.15, -0.1) is 36.2 Å². The number of carbonyl (C=O) groups excluding carboxylic acids is 1. The number of benzene rings is 1. The van der Waals surface area contributed by atoms with Gasteiger partial charge in [-0.25, -0.2) is 4.98 Å². The largest absolute Gasteiger partial charge is 0.339 e. The zero-order valence-electron chi connectivity index (χ0n) is 15.7. The molecule has 1 aromatic heterocycles. The van der Waals surface area contributed by atoms with E-state index in [2.05, 4.69) is 41.4 Å². The third kappa shape index (κ3) is 7.07. The summed E-state index contributed by atoms with van der Waals surface area (Å²) in [6.45, 7) is 5.01. The Morgan fingerprint density at radius 1 is 1.22 bits per heavy atom. The zero-order valence-corrected chi connectivity index (χ0v) is 18.2. The third-order valence-corrected chi connectivity index (χ3v) is 5.56. The lowest BCUT2D eigenvalue weighted by molar-refractivity contribution is -0.133. The summed E-state index contributed by atoms with van der Waals surface area (Å²) in [5, 5.41) is 6.50. The number of hydrogen-bond donors (Lipinski definition) is 1. The number of aromatic nitrogens is 1. The minimum atomic E-state index is 0. The van der Waals surface area contributed by atoms with Crippen molar-refractivity contribution in [2.75, 3.05) is 19.6 Å². The molecule has 1 saturated heterocycles. The zero-order chi connectivity index (χ0) is 17.5. The van der Waals surface area contributed by atoms with Crippen LogP contribution >= 0.6 is 36.2 Å². The van der Waals surface area contributed by atoms with Crippen LogP contribution in [-0.2, 0) is 17.6 Å². The molecule has 1 aromatic carbocycles. The van der Waals surface area contributed by atoms with Crippen molar-refractivity contribution in [3.05, 3.63) is 52.0 Å². The lowest BCUT2D eigenvalue weighted by atomic mass is 10.0. The Kier molecular flexibility index (Phi) is 10.9. The van der Waals surface area contributed by atoms with E-state index in [0.717, 1.165) is 56.0 Å². The molecule has 7 heteroatoms. The van der Waals surface area contributed by atoms with Crippen molar-refractivity contribution in [1.82, 2.24) is 15.2 Å². The number of rotatable bonds is 7. The fourth-order valence-corrected chi connectivity index (χ4v) is 4.24. The van der Waals surface area contributed by atoms with Crippen LogP contribution in [0, 0.1) is 0 Å². The van der Waals surface area contributed by atoms with E-state index in [1.54, 1.807) is 11.3 Å². The molecule has 1 N–H and O–H groups in total. The topological polar surface area (TPSA) is 45.2 Å². The highest BCUT2D eigenvalue weighted by atomic mass is 35.5. The number of amides is 1. The highest BCUT2D eigenvalue weighted by molar-refractivity contribution is 7.09. The molecule has 2 aromatic rings. The predicted molar refractivity (Wildman–Crippen MR) is 117 cm³/mol. The minimum absolute atomic E-state index is 0. The molecular weight excluding hydrogens is 401 g/mol. The normalized spacial score (nSPS) is 14.1. The van der Waals surface area contributed by atoms with E-state index in [-0.39, 0.29) is 30.7 Å². The fraction of sp³-hybridized carbons (Fsp3) is 0.500. The standard InChI is InChI=1S/C20H27N3OS.2ClH/c1-2-12-23(18-8-10-21-11-9-18)20(24)14-17-15-25-19(22-17)13-16-6-4-3-5-7-16;;/h3-7,15,18,21H,2,8-14H2,1H3;2*1H. The lowest BCUT2D eigenvalue weighted by Crippen LogP contribution is -2.47. The molecule has 1 fully saturated rings. The molecule has 1 aliphatic heterocycles. The number of carbonyl (C=O) groups is 1. The van der Waals surface area contributed by atoms with Gasteiger partial charge in [0.2, 0.25) is 5.91 Å². The van der Waals surface area contributed by atoms with Crippen LogP contribution in [-0.4, -0.2) is 41.5 Å². The van der Waals surface area contributed by atoms with Crippen LogP contribution in [0.15, 0.2) is 35.7 Å². The molecule has 0 unspecified atom stereocenters. The molecule has 4 nitrogen and oxygen atoms in total. The number of halogens is 2. The van der Waals surface area contributed by atoms with Gasteiger partial charge in [-0.3, -0.25) is 4.79 Å². The second-order valence-electron chi connectivity index (χ2n) is 6.64. The first-order valence-electron chi connectivity index (χ1n) is 9.23. The second kappa shape index (κ2) is 12.3. The number of thiazole rings is 1. The Morgan fingerprint density at radius 2 is 1.93 bits per heavy atom. The van der Waals surface area contributed by atoms with Crippen LogP contribution in [0.2, 0.25) is 0 Å². The van der Waals surface area contributed by atoms with E-state index in [0.29, 0.717) is 12.5 Å². The summed E-state index contributed by atoms with van der Waals surface area (Å²) in [4.78, 5) is 19.6. The lowest BCUT2D eigenvalue weighted by Gasteiger charge is -2.34. The summed E-state index contributed by atoms with van der Waals surface area (Å²) < 4.78 is 0. The molecule has 27 heavy (non-hydrogen) atoms. The van der Waals surface area contributed by atoms with Gasteiger partial charge in [0.1, 0.15) is 0 Å². The van der Waals surface area contributed by atoms with Crippen LogP contribution in [0.1, 0.15) is 42.5 Å². The van der Waals surface area contributed by atoms with Gasteiger partial charge < -0.3 is 10.2 Å². The Hall–Kier alpha value is -1.14. The second-order valence-corrected chi connectivity index (χ2v) is 7.58. The summed E-state index contributed by atoms with van der Waals surface area (Å²) >= 11 is 1.66. The maximum absolute atomic E-state index is 12.8. The number of nitrogens with one attached hydrogen (secondary N) is 1. The van der Waals surface area contributed by atoms with Crippen LogP contribution in [0.3, 0.4) is 0 Å². The number of nitrogens with zero attached hydrogens (tertiary/aromatic N) is 2. The van der Waals surface area contributed by atoms with E-state index in [9.17, 15) is 4.79 Å². The quantitative estimate of drug-likeness (QED) is 0.719. The molecule has 150 valence electrons. The molecule has 0 radical (unpaired) electrons. The van der Waals surface area contributed by atoms with Crippen molar-refractivity contribution < 1.29 is 4.79 Å². The van der Waals surface area contributed by atoms with E-state index < -0.39 is 0 Å². The van der Waals surface area contributed by atoms with Crippen molar-refractivity contribution in [2.24, 2.45) is 0 Å². The van der Waals surface area contributed by atoms with Gasteiger partial charge in [0.05, 0.1) is 17.1 Å². The summed E-state index contributed by atoms with van der Waals surface area (Å²) in [5.41, 5.74) is 2.17. The van der Waals surface area contributed by atoms with E-state index in [1.165, 1.54) is 5.56 Å². The molecule has 1 amide bonds. The maximum Gasteiger partial charge on any atom is 0.228 e. The van der Waals surface area contributed by atoms with Gasteiger partial charge in [0.25, 0.3) is 0 Å². The Balaban J connectivity index is 0.00000182. The average Bonchev–Trinajstić information content (AvgIpc) is 3.08. The molecule has 0 atom stereocenters. The van der Waals surface area contributed by atoms with Gasteiger partial charge >= 0.3 is 0 Å². The first kappa shape index (κ1) is 23.9. The SMILES string of the molecule is CCCN(C(=O)Cc1csc(Cc2ccccc2)n1)C1CCNCC1.Cl.Cl. The van der Waals surface area contributed by atoms with Crippen LogP contribution in [0.5, 0.6) is 0 Å². The summed E-state index contributed by atoms with van der Waals surface area (Å²) in [6, 6.07) is 10.7. The minimum Gasteiger partial charge on any atom is -0.339 e. The van der Waals surface area contributed by atoms with Crippen molar-refractivity contribution in [3.63, 3.8) is 0 Å². The van der Waals surface area contributed by atoms with Crippen molar-refractivity contribution >= 4 is 42.1 Å². The van der Waals surface area contributed by atoms with Gasteiger partial charge in [-0.1, -0.05) is 37.3 Å². The first-order valence-corrected chi connectivity index (χ1v) is 10.1. The highest BCUT2D eigenvalue weighted by Gasteiger charge is 2.25. The van der Waals surface area contributed by atoms with Crippen molar-refractivity contribution in [2.45, 2.75) is 45.1 Å². The van der Waals surface area contributed by atoms with E-state index in [4.69, 9.17) is 4.98 Å². The fourth-order valence-electron chi connectivity index (χ4n) is 3.41. The Bertz CT molecular complexity index is 675. The van der Waals surface area contributed by atoms with Crippen LogP contribution in [0.4, 0.5) is 0 Å². The van der Waals surface area contributed by atoms with Crippen LogP contribution < -0.4 is 5.32 Å². The monoisotopic (exact) mass is 429 g/mol. The molecule has 2 heterocycles. The predicted octanol–water partition coefficient (Wildman–Crippen LogP) is 4.11. The van der Waals surface area contributed by atoms with Crippen LogP contribution in [0.25, 0.3) is 0 Å². The van der Waals surface area contributed by atoms with Crippen molar-refractivity contribution in [3.8, 4) is 0 Å². The number of piperidine rings is 1. The average molecular weight is 430 g/mol. The summed E-state index contributed by atoms with van der Waals surface area (Å²) in [7, 11) is 0. The number of hydrogen-bond acceptors (Lipinski definition) is 4. The van der Waals surface area contributed by atoms with Gasteiger partial charge in [-0.05, 0) is 37.9 Å². The maximum atomic E-state index is 12.8. The molecule has 0 bridgehead atoms. The molecular formula is C20H29Cl2N3OS. The smallest absolute Gasteiger partial charge is 0.228 e. The molecule has 3 rings (SSSR count). The third-order valence-electron chi connectivity index (χ3n) is 4.66. The van der Waals surface area contributed by atoms with Gasteiger partial charge in [0.15, 0.2) is 0 Å². The molecule has 0 spiro atoms. The summed E-state index contributed by atoms with van der Waals surface area (Å²) in [6.07, 6.45) is 4.39. The molecule has 0 aliphatic carbocycles. The van der Waals surface area contributed by atoms with Gasteiger partial charge in [0, 0.05) is 24.4 Å². The molecule has 0 saturated carbocycles. The molecule has 1 aliphatic rings. The first-order chi connectivity index (χ1) is 12.3. The summed E-state index contributed by atoms with van der Waals surface area (Å²) in [5.74, 6) is 0.227. The van der Waals surface area contributed by atoms with Crippen molar-refractivity contribution in [1.29, 1.82) is 0 Å². The Labute approximate surface area is 178 Å².